The molecule has 0 bridgehead atoms. The Bertz CT molecular complexity index is 2300. The number of nitrogens with zero attached hydrogens (tertiary/aromatic N) is 2. The molecule has 0 aromatic heterocycles. The molecule has 0 radical (unpaired) electrons. The maximum Gasteiger partial charge on any atom is 2.00 e. The summed E-state index contributed by atoms with van der Waals surface area (Å²) in [7, 11) is 0. The van der Waals surface area contributed by atoms with Crippen LogP contribution in [0.25, 0.3) is 16.9 Å². The Hall–Kier alpha value is -3.31. The summed E-state index contributed by atoms with van der Waals surface area (Å²) in [6.45, 7) is 13.7. The molecular formula is C101H172N2Ni. The molecule has 0 fully saturated rings. The molecule has 3 heteroatoms. The fraction of sp³-hybridized carbons (Fsp3) is 0.782. The minimum atomic E-state index is 0. The second-order valence-electron chi connectivity index (χ2n) is 31.9. The van der Waals surface area contributed by atoms with Crippen LogP contribution in [0.3, 0.4) is 0 Å². The zero-order valence-electron chi connectivity index (χ0n) is 70.4. The normalized spacial score (nSPS) is 11.8. The molecule has 0 atom stereocenters. The molecule has 0 spiro atoms. The number of benzene rings is 2. The largest absolute Gasteiger partial charge is 2.00 e. The topological polar surface area (TPSA) is 25.3 Å². The first-order valence-corrected chi connectivity index (χ1v) is 46.4. The van der Waals surface area contributed by atoms with Gasteiger partial charge in [-0.1, -0.05) is 444 Å². The van der Waals surface area contributed by atoms with E-state index in [1.165, 1.54) is 426 Å². The minimum Gasteiger partial charge on any atom is -0.694 e. The smallest absolute Gasteiger partial charge is 0.694 e. The summed E-state index contributed by atoms with van der Waals surface area (Å²) >= 11 is 0. The standard InChI is InChI=1S/C43H62N2.2C29H55.Ni/c1-5-9-13-15-16-17-18-19-20-22-27-37-28-24-25-29-39(37)43-41(31-23-14-10-6-2)40(30-21-11-7-3)42(45(43)44)38-34-32-36(33-35-38)26-12-8-4;2*1-3-5-7-9-11-13-15-17-19-21-23-25-27-29-28-26-24-22-20-18-16-14-12-10-8-6-4-2;/h24-25,28-29,32-35H,5-17,20-23,26-27,30-31H2,1-4H3;2*3,5-29H2,1H3;/q;2*-1;+2. The van der Waals surface area contributed by atoms with Crippen molar-refractivity contribution in [3.63, 3.8) is 0 Å². The molecule has 2 nitrogen and oxygen atoms in total. The van der Waals surface area contributed by atoms with Gasteiger partial charge in [-0.2, -0.15) is 0 Å². The minimum absolute atomic E-state index is 0. The molecule has 1 aliphatic rings. The fourth-order valence-corrected chi connectivity index (χ4v) is 15.3. The first-order chi connectivity index (χ1) is 51.0. The number of hydrogen-bond acceptors (Lipinski definition) is 0. The maximum absolute atomic E-state index is 12.1. The van der Waals surface area contributed by atoms with E-state index in [1.54, 1.807) is 4.70 Å². The van der Waals surface area contributed by atoms with Crippen molar-refractivity contribution in [2.75, 3.05) is 0 Å². The van der Waals surface area contributed by atoms with Crippen LogP contribution in [0.2, 0.25) is 0 Å². The predicted octanol–water partition coefficient (Wildman–Crippen LogP) is 34.9. The number of hydrogen-bond donors (Lipinski definition) is 0. The van der Waals surface area contributed by atoms with Crippen LogP contribution in [0.5, 0.6) is 0 Å². The van der Waals surface area contributed by atoms with E-state index in [4.69, 9.17) is 12.8 Å². The second kappa shape index (κ2) is 82.2. The first kappa shape index (κ1) is 101. The Kier molecular flexibility index (Phi) is 79.6. The van der Waals surface area contributed by atoms with Crippen LogP contribution in [0.15, 0.2) is 59.7 Å². The summed E-state index contributed by atoms with van der Waals surface area (Å²) in [5, 5.41) is 0. The zero-order valence-corrected chi connectivity index (χ0v) is 71.4. The first-order valence-electron chi connectivity index (χ1n) is 46.4. The van der Waals surface area contributed by atoms with Gasteiger partial charge in [-0.25, -0.2) is 4.70 Å². The van der Waals surface area contributed by atoms with Gasteiger partial charge in [0.15, 0.2) is 0 Å². The monoisotopic (exact) mass is 1470 g/mol. The zero-order chi connectivity index (χ0) is 74.3. The van der Waals surface area contributed by atoms with E-state index in [0.717, 1.165) is 87.6 Å². The molecule has 104 heavy (non-hydrogen) atoms. The van der Waals surface area contributed by atoms with Gasteiger partial charge in [0.05, 0.1) is 0 Å². The van der Waals surface area contributed by atoms with E-state index >= 15 is 0 Å². The van der Waals surface area contributed by atoms with Gasteiger partial charge in [0.1, 0.15) is 0 Å². The quantitative estimate of drug-likeness (QED) is 0.0207. The number of rotatable bonds is 72. The summed E-state index contributed by atoms with van der Waals surface area (Å²) in [6.07, 6.45) is 112. The molecule has 2 aromatic carbocycles. The molecular weight excluding hydrogens is 1300 g/mol. The van der Waals surface area contributed by atoms with Crippen molar-refractivity contribution in [2.45, 2.75) is 510 Å². The molecule has 0 amide bonds. The van der Waals surface area contributed by atoms with Crippen LogP contribution in [0, 0.1) is 36.5 Å². The van der Waals surface area contributed by atoms with E-state index < -0.39 is 0 Å². The number of aryl methyl sites for hydroxylation is 2. The van der Waals surface area contributed by atoms with Crippen molar-refractivity contribution in [3.05, 3.63) is 100 Å². The third-order valence-corrected chi connectivity index (χ3v) is 22.1. The van der Waals surface area contributed by atoms with Crippen molar-refractivity contribution in [2.24, 2.45) is 0 Å². The molecule has 596 valence electrons. The molecule has 0 saturated heterocycles. The molecule has 0 saturated carbocycles. The van der Waals surface area contributed by atoms with Gasteiger partial charge in [0.25, 0.3) is 0 Å². The molecule has 3 rings (SSSR count). The second-order valence-corrected chi connectivity index (χ2v) is 31.9. The van der Waals surface area contributed by atoms with Crippen molar-refractivity contribution in [1.29, 1.82) is 0 Å². The van der Waals surface area contributed by atoms with Crippen LogP contribution in [-0.2, 0) is 29.3 Å². The Morgan fingerprint density at radius 3 is 0.846 bits per heavy atom. The Morgan fingerprint density at radius 1 is 0.260 bits per heavy atom. The van der Waals surface area contributed by atoms with E-state index in [0.29, 0.717) is 0 Å². The third-order valence-electron chi connectivity index (χ3n) is 22.1. The summed E-state index contributed by atoms with van der Waals surface area (Å²) < 4.78 is 1.58. The van der Waals surface area contributed by atoms with Crippen LogP contribution in [0.1, 0.15) is 520 Å². The molecule has 1 aliphatic heterocycles. The SMILES string of the molecule is CCCCCCCC#CCCCc1ccccc1C1=C(CCCCCC)C(CCCCC)=C(c2ccc(CCCC)cc2)[N+]1=[N-].[C-]#CCCCCCCCCCCCCCCCCCCCCCCCCCCC.[C-]#CCCCCCCCCCCCCCCCCCCCCCCCCCCC.[Ni+2]. The van der Waals surface area contributed by atoms with Crippen LogP contribution in [-0.4, -0.2) is 4.70 Å². The van der Waals surface area contributed by atoms with E-state index in [2.05, 4.69) is 114 Å². The average molecular weight is 1470 g/mol. The molecule has 0 aliphatic carbocycles. The van der Waals surface area contributed by atoms with Gasteiger partial charge in [-0.3, -0.25) is 0 Å². The van der Waals surface area contributed by atoms with Crippen molar-refractivity contribution in [1.82, 2.24) is 0 Å². The molecule has 2 aromatic rings. The third kappa shape index (κ3) is 60.6. The summed E-state index contributed by atoms with van der Waals surface area (Å²) in [6, 6.07) is 17.8. The Balaban J connectivity index is 0.00000159. The van der Waals surface area contributed by atoms with Crippen molar-refractivity contribution in [3.8, 4) is 23.7 Å². The van der Waals surface area contributed by atoms with Crippen molar-refractivity contribution >= 4 is 11.4 Å². The van der Waals surface area contributed by atoms with Gasteiger partial charge in [0, 0.05) is 35.1 Å². The van der Waals surface area contributed by atoms with Crippen molar-refractivity contribution < 1.29 is 21.2 Å². The summed E-state index contributed by atoms with van der Waals surface area (Å²) in [5.74, 6) is 11.8. The van der Waals surface area contributed by atoms with Gasteiger partial charge >= 0.3 is 16.5 Å². The fourth-order valence-electron chi connectivity index (χ4n) is 15.3. The summed E-state index contributed by atoms with van der Waals surface area (Å²) in [4.78, 5) is 0. The van der Waals surface area contributed by atoms with Gasteiger partial charge in [-0.15, -0.1) is 11.8 Å². The molecule has 1 heterocycles. The number of unbranched alkanes of at least 4 members (excludes halogenated alkanes) is 62. The van der Waals surface area contributed by atoms with Gasteiger partial charge in [-0.05, 0) is 113 Å². The van der Waals surface area contributed by atoms with Crippen LogP contribution in [0.4, 0.5) is 0 Å². The van der Waals surface area contributed by atoms with Gasteiger partial charge < -0.3 is 30.2 Å². The summed E-state index contributed by atoms with van der Waals surface area (Å²) in [5.41, 5.74) is 21.9. The van der Waals surface area contributed by atoms with Gasteiger partial charge in [0.2, 0.25) is 11.4 Å². The van der Waals surface area contributed by atoms with E-state index in [-0.39, 0.29) is 16.5 Å². The van der Waals surface area contributed by atoms with E-state index in [1.807, 2.05) is 0 Å². The van der Waals surface area contributed by atoms with Crippen LogP contribution < -0.4 is 0 Å². The van der Waals surface area contributed by atoms with Crippen LogP contribution >= 0.6 is 0 Å². The molecule has 0 N–H and O–H groups in total. The maximum atomic E-state index is 12.1. The average Bonchev–Trinajstić information content (AvgIpc) is 1.60. The Morgan fingerprint density at radius 2 is 0.519 bits per heavy atom. The number of allylic oxidation sites excluding steroid dienone is 2. The Labute approximate surface area is 662 Å². The van der Waals surface area contributed by atoms with E-state index in [9.17, 15) is 5.53 Å². The molecule has 0 unspecified atom stereocenters. The predicted molar refractivity (Wildman–Crippen MR) is 462 cm³/mol.